The number of aromatic nitrogens is 2. The van der Waals surface area contributed by atoms with Crippen LogP contribution in [0.5, 0.6) is 0 Å². The molecule has 0 bridgehead atoms. The van der Waals surface area contributed by atoms with Gasteiger partial charge in [0, 0.05) is 24.5 Å². The topological polar surface area (TPSA) is 83.0 Å². The summed E-state index contributed by atoms with van der Waals surface area (Å²) in [6, 6.07) is 6.44. The molecule has 0 saturated carbocycles. The second kappa shape index (κ2) is 5.77. The van der Waals surface area contributed by atoms with Crippen LogP contribution in [0.3, 0.4) is 0 Å². The summed E-state index contributed by atoms with van der Waals surface area (Å²) in [6.07, 6.45) is 6.42. The number of rotatable bonds is 4. The predicted octanol–water partition coefficient (Wildman–Crippen LogP) is 1.92. The molecule has 0 aliphatic carbocycles. The molecule has 0 spiro atoms. The molecule has 2 aromatic rings. The van der Waals surface area contributed by atoms with Gasteiger partial charge in [0.15, 0.2) is 5.43 Å². The number of hydrogen-bond acceptors (Lipinski definition) is 3. The normalized spacial score (nSPS) is 10.7. The minimum absolute atomic E-state index is 0.0280. The van der Waals surface area contributed by atoms with Crippen molar-refractivity contribution in [3.8, 4) is 11.4 Å². The Morgan fingerprint density at radius 3 is 2.95 bits per heavy atom. The lowest BCUT2D eigenvalue weighted by molar-refractivity contribution is -0.135. The molecule has 0 aliphatic heterocycles. The summed E-state index contributed by atoms with van der Waals surface area (Å²) in [5.74, 6) is -0.877. The zero-order valence-corrected chi connectivity index (χ0v) is 10.0. The smallest absolute Gasteiger partial charge is 0.307 e. The number of pyridine rings is 2. The quantitative estimate of drug-likeness (QED) is 0.875. The van der Waals surface area contributed by atoms with E-state index < -0.39 is 5.97 Å². The van der Waals surface area contributed by atoms with Gasteiger partial charge in [0.25, 0.3) is 0 Å². The molecular formula is C14H12N2O3. The van der Waals surface area contributed by atoms with Crippen molar-refractivity contribution in [3.63, 3.8) is 0 Å². The van der Waals surface area contributed by atoms with Crippen LogP contribution in [0, 0.1) is 0 Å². The fourth-order valence-corrected chi connectivity index (χ4v) is 1.59. The number of hydrogen-bond donors (Lipinski definition) is 2. The van der Waals surface area contributed by atoms with E-state index in [-0.39, 0.29) is 11.8 Å². The molecule has 0 amide bonds. The second-order valence-corrected chi connectivity index (χ2v) is 3.91. The van der Waals surface area contributed by atoms with Crippen molar-refractivity contribution in [2.24, 2.45) is 0 Å². The molecule has 2 N–H and O–H groups in total. The van der Waals surface area contributed by atoms with E-state index in [1.807, 2.05) is 0 Å². The van der Waals surface area contributed by atoms with Gasteiger partial charge in [0.2, 0.25) is 0 Å². The predicted molar refractivity (Wildman–Crippen MR) is 71.6 cm³/mol. The van der Waals surface area contributed by atoms with E-state index in [4.69, 9.17) is 5.11 Å². The van der Waals surface area contributed by atoms with E-state index in [9.17, 15) is 9.59 Å². The van der Waals surface area contributed by atoms with Crippen LogP contribution in [0.15, 0.2) is 47.5 Å². The molecule has 96 valence electrons. The Kier molecular flexibility index (Phi) is 3.87. The van der Waals surface area contributed by atoms with Crippen molar-refractivity contribution < 1.29 is 9.90 Å². The summed E-state index contributed by atoms with van der Waals surface area (Å²) in [4.78, 5) is 28.8. The second-order valence-electron chi connectivity index (χ2n) is 3.91. The Hall–Kier alpha value is -2.69. The highest BCUT2D eigenvalue weighted by Crippen LogP contribution is 2.14. The SMILES string of the molecule is O=C(O)C/C=C/c1ccnc(-c2cc(=O)cc[nH]2)c1. The zero-order valence-electron chi connectivity index (χ0n) is 10.0. The molecule has 5 heteroatoms. The summed E-state index contributed by atoms with van der Waals surface area (Å²) in [6.45, 7) is 0. The molecule has 0 atom stereocenters. The van der Waals surface area contributed by atoms with Gasteiger partial charge in [-0.15, -0.1) is 0 Å². The zero-order chi connectivity index (χ0) is 13.7. The first-order chi connectivity index (χ1) is 9.15. The Balaban J connectivity index is 2.27. The maximum Gasteiger partial charge on any atom is 0.307 e. The number of carboxylic acids is 1. The van der Waals surface area contributed by atoms with E-state index in [1.54, 1.807) is 36.7 Å². The van der Waals surface area contributed by atoms with Crippen LogP contribution in [0.2, 0.25) is 0 Å². The number of H-pyrrole nitrogens is 1. The van der Waals surface area contributed by atoms with Crippen molar-refractivity contribution in [1.82, 2.24) is 9.97 Å². The molecule has 0 unspecified atom stereocenters. The van der Waals surface area contributed by atoms with Crippen molar-refractivity contribution in [1.29, 1.82) is 0 Å². The molecule has 2 rings (SSSR count). The van der Waals surface area contributed by atoms with E-state index in [0.29, 0.717) is 11.4 Å². The summed E-state index contributed by atoms with van der Waals surface area (Å²) in [7, 11) is 0. The minimum atomic E-state index is -0.877. The maximum atomic E-state index is 11.3. The molecule has 2 heterocycles. The van der Waals surface area contributed by atoms with Gasteiger partial charge in [-0.1, -0.05) is 12.2 Å². The molecule has 2 aromatic heterocycles. The average molecular weight is 256 g/mol. The molecule has 5 nitrogen and oxygen atoms in total. The maximum absolute atomic E-state index is 11.3. The van der Waals surface area contributed by atoms with Crippen LogP contribution in [0.4, 0.5) is 0 Å². The van der Waals surface area contributed by atoms with Gasteiger partial charge < -0.3 is 10.1 Å². The van der Waals surface area contributed by atoms with E-state index in [0.717, 1.165) is 5.56 Å². The van der Waals surface area contributed by atoms with Gasteiger partial charge in [0.1, 0.15) is 0 Å². The summed E-state index contributed by atoms with van der Waals surface area (Å²) >= 11 is 0. The van der Waals surface area contributed by atoms with Gasteiger partial charge in [-0.3, -0.25) is 14.6 Å². The third-order valence-electron chi connectivity index (χ3n) is 2.44. The number of carboxylic acid groups (broad SMARTS) is 1. The molecule has 0 fully saturated rings. The molecular weight excluding hydrogens is 244 g/mol. The number of nitrogens with zero attached hydrogens (tertiary/aromatic N) is 1. The Morgan fingerprint density at radius 1 is 1.37 bits per heavy atom. The highest BCUT2D eigenvalue weighted by atomic mass is 16.4. The number of nitrogens with one attached hydrogen (secondary N) is 1. The van der Waals surface area contributed by atoms with Gasteiger partial charge >= 0.3 is 5.97 Å². The Morgan fingerprint density at radius 2 is 2.21 bits per heavy atom. The molecule has 19 heavy (non-hydrogen) atoms. The van der Waals surface area contributed by atoms with Crippen molar-refractivity contribution in [3.05, 3.63) is 58.5 Å². The van der Waals surface area contributed by atoms with Crippen molar-refractivity contribution >= 4 is 12.0 Å². The molecule has 0 aromatic carbocycles. The summed E-state index contributed by atoms with van der Waals surface area (Å²) in [5, 5.41) is 8.55. The monoisotopic (exact) mass is 256 g/mol. The van der Waals surface area contributed by atoms with Gasteiger partial charge in [0.05, 0.1) is 17.8 Å². The summed E-state index contributed by atoms with van der Waals surface area (Å²) < 4.78 is 0. The van der Waals surface area contributed by atoms with Crippen LogP contribution in [-0.4, -0.2) is 21.0 Å². The molecule has 0 aliphatic rings. The average Bonchev–Trinajstić information content (AvgIpc) is 2.39. The van der Waals surface area contributed by atoms with Crippen LogP contribution in [-0.2, 0) is 4.79 Å². The van der Waals surface area contributed by atoms with Gasteiger partial charge in [-0.05, 0) is 17.7 Å². The number of aromatic amines is 1. The Bertz CT molecular complexity index is 674. The number of carbonyl (C=O) groups is 1. The first kappa shape index (κ1) is 12.8. The standard InChI is InChI=1S/C14H12N2O3/c17-11-5-7-16-13(9-11)12-8-10(4-6-15-12)2-1-3-14(18)19/h1-2,4-9H,3H2,(H,16,17)(H,18,19)/b2-1+. The fourth-order valence-electron chi connectivity index (χ4n) is 1.59. The van der Waals surface area contributed by atoms with Gasteiger partial charge in [-0.25, -0.2) is 0 Å². The highest BCUT2D eigenvalue weighted by molar-refractivity contribution is 5.70. The van der Waals surface area contributed by atoms with E-state index in [1.165, 1.54) is 12.1 Å². The first-order valence-corrected chi connectivity index (χ1v) is 5.68. The van der Waals surface area contributed by atoms with E-state index >= 15 is 0 Å². The Labute approximate surface area is 109 Å². The van der Waals surface area contributed by atoms with Gasteiger partial charge in [-0.2, -0.15) is 0 Å². The van der Waals surface area contributed by atoms with Crippen molar-refractivity contribution in [2.45, 2.75) is 6.42 Å². The number of aliphatic carboxylic acids is 1. The van der Waals surface area contributed by atoms with Crippen LogP contribution < -0.4 is 5.43 Å². The summed E-state index contributed by atoms with van der Waals surface area (Å²) in [5.41, 5.74) is 1.99. The van der Waals surface area contributed by atoms with Crippen LogP contribution in [0.1, 0.15) is 12.0 Å². The third kappa shape index (κ3) is 3.64. The third-order valence-corrected chi connectivity index (χ3v) is 2.44. The lowest BCUT2D eigenvalue weighted by Gasteiger charge is -2.01. The lowest BCUT2D eigenvalue weighted by Crippen LogP contribution is -1.99. The fraction of sp³-hybridized carbons (Fsp3) is 0.0714. The highest BCUT2D eigenvalue weighted by Gasteiger charge is 2.00. The van der Waals surface area contributed by atoms with Crippen molar-refractivity contribution in [2.75, 3.05) is 0 Å². The molecule has 0 saturated heterocycles. The lowest BCUT2D eigenvalue weighted by atomic mass is 10.1. The molecule has 0 radical (unpaired) electrons. The first-order valence-electron chi connectivity index (χ1n) is 5.68. The van der Waals surface area contributed by atoms with Crippen LogP contribution in [0.25, 0.3) is 17.5 Å². The van der Waals surface area contributed by atoms with Crippen LogP contribution >= 0.6 is 0 Å². The minimum Gasteiger partial charge on any atom is -0.481 e. The van der Waals surface area contributed by atoms with E-state index in [2.05, 4.69) is 9.97 Å². The largest absolute Gasteiger partial charge is 0.481 e.